The van der Waals surface area contributed by atoms with Gasteiger partial charge in [-0.2, -0.15) is 13.2 Å². The number of benzene rings is 3. The number of rotatable bonds is 8. The summed E-state index contributed by atoms with van der Waals surface area (Å²) in [6.45, 7) is 7.64. The number of nitrogens with one attached hydrogen (secondary N) is 2. The molecule has 0 aliphatic rings. The summed E-state index contributed by atoms with van der Waals surface area (Å²) < 4.78 is 45.5. The van der Waals surface area contributed by atoms with Crippen molar-refractivity contribution in [3.8, 4) is 0 Å². The summed E-state index contributed by atoms with van der Waals surface area (Å²) in [4.78, 5) is 25.8. The van der Waals surface area contributed by atoms with Gasteiger partial charge in [0, 0.05) is 42.4 Å². The number of nitrogens with zero attached hydrogens (tertiary/aromatic N) is 1. The number of hydrogen-bond donors (Lipinski definition) is 2. The van der Waals surface area contributed by atoms with Gasteiger partial charge in [0.15, 0.2) is 0 Å². The standard InChI is InChI=1S/C31H32F3N3O3/c1-30(2,3)23-9-5-20(6-10-23)19-37-26-14-13-25(17-22(26)18-27(37)29(39)35-15-16-40-4)36-28(38)21-7-11-24(12-8-21)31(32,33)34/h5-14,17-18H,15-16,19H2,1-4H3,(H,35,39)(H,36,38). The maximum absolute atomic E-state index is 13.1. The Morgan fingerprint density at radius 2 is 1.50 bits per heavy atom. The normalized spacial score (nSPS) is 12.0. The first-order valence-corrected chi connectivity index (χ1v) is 12.9. The first-order valence-electron chi connectivity index (χ1n) is 12.9. The third kappa shape index (κ3) is 6.71. The lowest BCUT2D eigenvalue weighted by molar-refractivity contribution is -0.137. The number of anilines is 1. The van der Waals surface area contributed by atoms with Crippen molar-refractivity contribution >= 4 is 28.4 Å². The van der Waals surface area contributed by atoms with Crippen LogP contribution in [0.2, 0.25) is 0 Å². The first-order chi connectivity index (χ1) is 18.9. The van der Waals surface area contributed by atoms with Crippen molar-refractivity contribution < 1.29 is 27.5 Å². The number of halogens is 3. The molecule has 1 aromatic heterocycles. The van der Waals surface area contributed by atoms with Gasteiger partial charge in [0.2, 0.25) is 0 Å². The minimum absolute atomic E-state index is 0.0201. The zero-order valence-corrected chi connectivity index (χ0v) is 22.9. The van der Waals surface area contributed by atoms with Crippen molar-refractivity contribution in [3.05, 3.63) is 101 Å². The van der Waals surface area contributed by atoms with Crippen molar-refractivity contribution in [2.45, 2.75) is 38.9 Å². The Bertz CT molecular complexity index is 1500. The maximum Gasteiger partial charge on any atom is 0.416 e. The van der Waals surface area contributed by atoms with Crippen LogP contribution in [-0.4, -0.2) is 36.6 Å². The van der Waals surface area contributed by atoms with E-state index in [1.807, 2.05) is 10.6 Å². The van der Waals surface area contributed by atoms with Gasteiger partial charge in [0.1, 0.15) is 5.69 Å². The lowest BCUT2D eigenvalue weighted by atomic mass is 9.87. The Labute approximate surface area is 231 Å². The highest BCUT2D eigenvalue weighted by molar-refractivity contribution is 6.06. The topological polar surface area (TPSA) is 72.4 Å². The van der Waals surface area contributed by atoms with Crippen molar-refractivity contribution in [2.24, 2.45) is 0 Å². The van der Waals surface area contributed by atoms with E-state index in [0.29, 0.717) is 31.1 Å². The fourth-order valence-corrected chi connectivity index (χ4v) is 4.37. The van der Waals surface area contributed by atoms with Gasteiger partial charge in [-0.05, 0) is 65.1 Å². The number of carbonyl (C=O) groups is 2. The minimum atomic E-state index is -4.48. The SMILES string of the molecule is COCCNC(=O)c1cc2cc(NC(=O)c3ccc(C(F)(F)F)cc3)ccc2n1Cc1ccc(C(C)(C)C)cc1. The molecule has 0 unspecified atom stereocenters. The number of methoxy groups -OCH3 is 1. The Morgan fingerprint density at radius 1 is 0.850 bits per heavy atom. The smallest absolute Gasteiger partial charge is 0.383 e. The Balaban J connectivity index is 1.62. The number of hydrogen-bond acceptors (Lipinski definition) is 3. The molecule has 0 fully saturated rings. The molecule has 0 aliphatic heterocycles. The van der Waals surface area contributed by atoms with Crippen LogP contribution in [0.1, 0.15) is 58.3 Å². The Kier molecular flexibility index (Phi) is 8.34. The van der Waals surface area contributed by atoms with E-state index >= 15 is 0 Å². The molecule has 210 valence electrons. The van der Waals surface area contributed by atoms with Gasteiger partial charge in [-0.15, -0.1) is 0 Å². The van der Waals surface area contributed by atoms with Crippen molar-refractivity contribution in [1.82, 2.24) is 9.88 Å². The molecule has 0 bridgehead atoms. The second-order valence-electron chi connectivity index (χ2n) is 10.6. The van der Waals surface area contributed by atoms with Gasteiger partial charge in [-0.1, -0.05) is 45.0 Å². The minimum Gasteiger partial charge on any atom is -0.383 e. The lowest BCUT2D eigenvalue weighted by Gasteiger charge is -2.19. The highest BCUT2D eigenvalue weighted by Crippen LogP contribution is 2.30. The zero-order valence-electron chi connectivity index (χ0n) is 22.9. The summed E-state index contributed by atoms with van der Waals surface area (Å²) in [5.74, 6) is -0.793. The molecule has 0 saturated carbocycles. The number of ether oxygens (including phenoxy) is 1. The Morgan fingerprint density at radius 3 is 2.10 bits per heavy atom. The van der Waals surface area contributed by atoms with Crippen LogP contribution in [0.4, 0.5) is 18.9 Å². The molecule has 1 heterocycles. The van der Waals surface area contributed by atoms with E-state index in [4.69, 9.17) is 4.74 Å². The quantitative estimate of drug-likeness (QED) is 0.241. The van der Waals surface area contributed by atoms with Crippen LogP contribution in [0, 0.1) is 0 Å². The van der Waals surface area contributed by atoms with Crippen molar-refractivity contribution in [3.63, 3.8) is 0 Å². The molecule has 9 heteroatoms. The van der Waals surface area contributed by atoms with Crippen LogP contribution in [0.25, 0.3) is 10.9 Å². The highest BCUT2D eigenvalue weighted by Gasteiger charge is 2.30. The molecule has 6 nitrogen and oxygen atoms in total. The molecule has 4 aromatic rings. The van der Waals surface area contributed by atoms with Crippen LogP contribution in [0.5, 0.6) is 0 Å². The monoisotopic (exact) mass is 551 g/mol. The third-order valence-corrected chi connectivity index (χ3v) is 6.62. The van der Waals surface area contributed by atoms with Gasteiger partial charge >= 0.3 is 6.18 Å². The average molecular weight is 552 g/mol. The molecule has 0 atom stereocenters. The summed E-state index contributed by atoms with van der Waals surface area (Å²) in [6.07, 6.45) is -4.48. The summed E-state index contributed by atoms with van der Waals surface area (Å²) in [6, 6.07) is 19.3. The first kappa shape index (κ1) is 28.9. The fourth-order valence-electron chi connectivity index (χ4n) is 4.37. The summed E-state index contributed by atoms with van der Waals surface area (Å²) in [5.41, 5.74) is 3.23. The van der Waals surface area contributed by atoms with E-state index in [1.165, 1.54) is 5.56 Å². The van der Waals surface area contributed by atoms with E-state index in [1.54, 1.807) is 25.3 Å². The largest absolute Gasteiger partial charge is 0.416 e. The molecule has 0 aliphatic carbocycles. The molecule has 2 amide bonds. The van der Waals surface area contributed by atoms with E-state index < -0.39 is 17.6 Å². The summed E-state index contributed by atoms with van der Waals surface area (Å²) in [5, 5.41) is 6.33. The molecule has 0 spiro atoms. The van der Waals surface area contributed by atoms with Crippen LogP contribution in [0.3, 0.4) is 0 Å². The molecule has 0 saturated heterocycles. The van der Waals surface area contributed by atoms with Crippen LogP contribution >= 0.6 is 0 Å². The lowest BCUT2D eigenvalue weighted by Crippen LogP contribution is -2.29. The van der Waals surface area contributed by atoms with Crippen LogP contribution in [-0.2, 0) is 22.9 Å². The van der Waals surface area contributed by atoms with Gasteiger partial charge in [-0.25, -0.2) is 0 Å². The predicted molar refractivity (Wildman–Crippen MR) is 150 cm³/mol. The summed E-state index contributed by atoms with van der Waals surface area (Å²) >= 11 is 0. The number of aromatic nitrogens is 1. The predicted octanol–water partition coefficient (Wildman–Crippen LogP) is 6.63. The van der Waals surface area contributed by atoms with Crippen LogP contribution < -0.4 is 10.6 Å². The Hall–Kier alpha value is -4.11. The fraction of sp³-hybridized carbons (Fsp3) is 0.290. The highest BCUT2D eigenvalue weighted by atomic mass is 19.4. The molecule has 4 rings (SSSR count). The average Bonchev–Trinajstić information content (AvgIpc) is 3.25. The van der Waals surface area contributed by atoms with Gasteiger partial charge < -0.3 is 19.9 Å². The number of alkyl halides is 3. The van der Waals surface area contributed by atoms with E-state index in [9.17, 15) is 22.8 Å². The summed E-state index contributed by atoms with van der Waals surface area (Å²) in [7, 11) is 1.56. The van der Waals surface area contributed by atoms with Gasteiger partial charge in [0.05, 0.1) is 12.2 Å². The molecule has 2 N–H and O–H groups in total. The molecule has 3 aromatic carbocycles. The van der Waals surface area contributed by atoms with E-state index in [0.717, 1.165) is 40.7 Å². The number of amides is 2. The molecule has 40 heavy (non-hydrogen) atoms. The van der Waals surface area contributed by atoms with E-state index in [-0.39, 0.29) is 16.9 Å². The van der Waals surface area contributed by atoms with E-state index in [2.05, 4.69) is 55.7 Å². The third-order valence-electron chi connectivity index (χ3n) is 6.62. The van der Waals surface area contributed by atoms with Gasteiger partial charge in [0.25, 0.3) is 11.8 Å². The maximum atomic E-state index is 13.1. The van der Waals surface area contributed by atoms with Crippen molar-refractivity contribution in [1.29, 1.82) is 0 Å². The van der Waals surface area contributed by atoms with Crippen LogP contribution in [0.15, 0.2) is 72.8 Å². The molecule has 0 radical (unpaired) electrons. The van der Waals surface area contributed by atoms with Gasteiger partial charge in [-0.3, -0.25) is 9.59 Å². The van der Waals surface area contributed by atoms with Crippen molar-refractivity contribution in [2.75, 3.05) is 25.6 Å². The number of fused-ring (bicyclic) bond motifs is 1. The second-order valence-corrected chi connectivity index (χ2v) is 10.6. The number of carbonyl (C=O) groups excluding carboxylic acids is 2. The zero-order chi connectivity index (χ0) is 29.1. The molecular weight excluding hydrogens is 519 g/mol. The molecular formula is C31H32F3N3O3. The second kappa shape index (κ2) is 11.6.